The number of carbonyl (C=O) groups excluding carboxylic acids is 2. The van der Waals surface area contributed by atoms with Gasteiger partial charge in [0.15, 0.2) is 0 Å². The van der Waals surface area contributed by atoms with Crippen LogP contribution in [0.1, 0.15) is 60.3 Å². The van der Waals surface area contributed by atoms with E-state index < -0.39 is 5.60 Å². The zero-order chi connectivity index (χ0) is 19.1. The molecule has 3 rings (SSSR count). The van der Waals surface area contributed by atoms with Crippen molar-refractivity contribution in [1.82, 2.24) is 9.80 Å². The highest BCUT2D eigenvalue weighted by Crippen LogP contribution is 2.36. The van der Waals surface area contributed by atoms with Gasteiger partial charge in [-0.05, 0) is 58.5 Å². The normalized spacial score (nSPS) is 19.2. The number of esters is 1. The highest BCUT2D eigenvalue weighted by molar-refractivity contribution is 5.94. The second-order valence-corrected chi connectivity index (χ2v) is 8.35. The minimum absolute atomic E-state index is 0.172. The summed E-state index contributed by atoms with van der Waals surface area (Å²) in [6.45, 7) is 7.53. The first-order valence-corrected chi connectivity index (χ1v) is 9.13. The number of amides is 1. The predicted molar refractivity (Wildman–Crippen MR) is 98.1 cm³/mol. The number of nitrogens with zero attached hydrogens (tertiary/aromatic N) is 2. The van der Waals surface area contributed by atoms with Gasteiger partial charge in [0.2, 0.25) is 0 Å². The molecule has 6 nitrogen and oxygen atoms in total. The number of ether oxygens (including phenoxy) is 2. The zero-order valence-corrected chi connectivity index (χ0v) is 16.3. The van der Waals surface area contributed by atoms with Crippen LogP contribution in [0.3, 0.4) is 0 Å². The largest absolute Gasteiger partial charge is 0.454 e. The molecule has 0 N–H and O–H groups in total. The molecule has 1 atom stereocenters. The Morgan fingerprint density at radius 3 is 2.69 bits per heavy atom. The Morgan fingerprint density at radius 1 is 1.31 bits per heavy atom. The van der Waals surface area contributed by atoms with Gasteiger partial charge in [0.05, 0.1) is 5.56 Å². The molecule has 0 saturated heterocycles. The van der Waals surface area contributed by atoms with Crippen LogP contribution in [0.4, 0.5) is 4.79 Å². The lowest BCUT2D eigenvalue weighted by molar-refractivity contribution is 0.0223. The maximum absolute atomic E-state index is 12.3. The molecular weight excluding hydrogens is 332 g/mol. The van der Waals surface area contributed by atoms with Gasteiger partial charge in [-0.15, -0.1) is 0 Å². The van der Waals surface area contributed by atoms with Crippen LogP contribution in [0, 0.1) is 0 Å². The lowest BCUT2D eigenvalue weighted by Gasteiger charge is -2.31. The second kappa shape index (κ2) is 6.91. The summed E-state index contributed by atoms with van der Waals surface area (Å²) in [5.74, 6) is -0.263. The van der Waals surface area contributed by atoms with Crippen LogP contribution in [0.2, 0.25) is 0 Å². The number of carbonyl (C=O) groups is 2. The van der Waals surface area contributed by atoms with Crippen molar-refractivity contribution in [2.45, 2.75) is 51.9 Å². The third-order valence-electron chi connectivity index (χ3n) is 4.69. The van der Waals surface area contributed by atoms with Gasteiger partial charge in [-0.1, -0.05) is 6.07 Å². The molecule has 0 aromatic heterocycles. The molecular formula is C20H28N2O4. The van der Waals surface area contributed by atoms with Gasteiger partial charge in [-0.2, -0.15) is 0 Å². The van der Waals surface area contributed by atoms with E-state index in [1.165, 1.54) is 5.56 Å². The monoisotopic (exact) mass is 360 g/mol. The van der Waals surface area contributed by atoms with Gasteiger partial charge in [-0.25, -0.2) is 9.59 Å². The van der Waals surface area contributed by atoms with Crippen molar-refractivity contribution in [3.05, 3.63) is 34.4 Å². The fraction of sp³-hybridized carbons (Fsp3) is 0.600. The van der Waals surface area contributed by atoms with Crippen molar-refractivity contribution in [2.24, 2.45) is 0 Å². The molecule has 0 saturated carbocycles. The minimum Gasteiger partial charge on any atom is -0.454 e. The molecule has 0 spiro atoms. The molecule has 0 bridgehead atoms. The summed E-state index contributed by atoms with van der Waals surface area (Å²) in [4.78, 5) is 28.4. The maximum Gasteiger partial charge on any atom is 0.410 e. The van der Waals surface area contributed by atoms with Crippen molar-refractivity contribution in [2.75, 3.05) is 27.2 Å². The number of hydrogen-bond acceptors (Lipinski definition) is 5. The first-order chi connectivity index (χ1) is 12.1. The molecule has 2 aliphatic rings. The van der Waals surface area contributed by atoms with E-state index in [2.05, 4.69) is 11.0 Å². The fourth-order valence-corrected chi connectivity index (χ4v) is 3.40. The average Bonchev–Trinajstić information content (AvgIpc) is 2.84. The Kier molecular flexibility index (Phi) is 4.97. The van der Waals surface area contributed by atoms with Gasteiger partial charge in [0.1, 0.15) is 11.7 Å². The van der Waals surface area contributed by atoms with Crippen molar-refractivity contribution in [3.8, 4) is 0 Å². The van der Waals surface area contributed by atoms with E-state index in [1.54, 1.807) is 4.90 Å². The predicted octanol–water partition coefficient (Wildman–Crippen LogP) is 3.14. The van der Waals surface area contributed by atoms with Crippen LogP contribution < -0.4 is 0 Å². The summed E-state index contributed by atoms with van der Waals surface area (Å²) in [7, 11) is 4.02. The molecule has 1 aromatic carbocycles. The van der Waals surface area contributed by atoms with E-state index in [4.69, 9.17) is 9.47 Å². The highest BCUT2D eigenvalue weighted by atomic mass is 16.6. The molecule has 1 unspecified atom stereocenters. The Morgan fingerprint density at radius 2 is 2.04 bits per heavy atom. The summed E-state index contributed by atoms with van der Waals surface area (Å²) >= 11 is 0. The molecule has 2 aliphatic heterocycles. The Labute approximate surface area is 155 Å². The van der Waals surface area contributed by atoms with Gasteiger partial charge >= 0.3 is 12.1 Å². The van der Waals surface area contributed by atoms with Crippen LogP contribution in [-0.2, 0) is 22.4 Å². The van der Waals surface area contributed by atoms with Gasteiger partial charge in [0, 0.05) is 31.6 Å². The summed E-state index contributed by atoms with van der Waals surface area (Å²) in [5.41, 5.74) is 3.31. The highest BCUT2D eigenvalue weighted by Gasteiger charge is 2.34. The molecule has 2 heterocycles. The van der Waals surface area contributed by atoms with Crippen LogP contribution in [0.25, 0.3) is 0 Å². The molecule has 6 heteroatoms. The van der Waals surface area contributed by atoms with E-state index >= 15 is 0 Å². The minimum atomic E-state index is -0.515. The topological polar surface area (TPSA) is 59.1 Å². The van der Waals surface area contributed by atoms with E-state index in [0.29, 0.717) is 18.7 Å². The number of benzene rings is 1. The molecule has 0 fully saturated rings. The summed E-state index contributed by atoms with van der Waals surface area (Å²) in [5, 5.41) is 0. The van der Waals surface area contributed by atoms with Crippen molar-refractivity contribution >= 4 is 12.1 Å². The first kappa shape index (κ1) is 18.7. The third kappa shape index (κ3) is 4.01. The quantitative estimate of drug-likeness (QED) is 0.775. The summed E-state index contributed by atoms with van der Waals surface area (Å²) in [6, 6.07) is 4.00. The summed E-state index contributed by atoms with van der Waals surface area (Å²) < 4.78 is 11.0. The number of hydrogen-bond donors (Lipinski definition) is 0. The lowest BCUT2D eigenvalue weighted by atomic mass is 9.92. The fourth-order valence-electron chi connectivity index (χ4n) is 3.40. The van der Waals surface area contributed by atoms with E-state index in [0.717, 1.165) is 30.5 Å². The van der Waals surface area contributed by atoms with E-state index in [1.807, 2.05) is 40.9 Å². The SMILES string of the molecule is CN(C)CCC1OC(=O)c2cc3c(cc21)CCN(C(=O)OC(C)(C)C)C3. The van der Waals surface area contributed by atoms with E-state index in [-0.39, 0.29) is 18.2 Å². The number of fused-ring (bicyclic) bond motifs is 2. The molecule has 1 aromatic rings. The molecule has 142 valence electrons. The molecule has 0 aliphatic carbocycles. The van der Waals surface area contributed by atoms with Crippen molar-refractivity contribution in [3.63, 3.8) is 0 Å². The Balaban J connectivity index is 1.78. The Hall–Kier alpha value is -2.08. The van der Waals surface area contributed by atoms with Crippen molar-refractivity contribution in [1.29, 1.82) is 0 Å². The molecule has 1 amide bonds. The van der Waals surface area contributed by atoms with Crippen molar-refractivity contribution < 1.29 is 19.1 Å². The number of rotatable bonds is 3. The number of cyclic esters (lactones) is 1. The lowest BCUT2D eigenvalue weighted by Crippen LogP contribution is -2.40. The standard InChI is InChI=1S/C20H28N2O4/c1-20(2,3)26-19(24)22-9-6-13-10-15-16(11-14(13)12-22)18(23)25-17(15)7-8-21(4)5/h10-11,17H,6-9,12H2,1-5H3. The Bertz CT molecular complexity index is 721. The van der Waals surface area contributed by atoms with Crippen LogP contribution in [-0.4, -0.2) is 54.6 Å². The second-order valence-electron chi connectivity index (χ2n) is 8.35. The van der Waals surface area contributed by atoms with Gasteiger partial charge in [-0.3, -0.25) is 0 Å². The van der Waals surface area contributed by atoms with Gasteiger partial charge in [0.25, 0.3) is 0 Å². The van der Waals surface area contributed by atoms with Crippen LogP contribution in [0.15, 0.2) is 12.1 Å². The molecule has 0 radical (unpaired) electrons. The zero-order valence-electron chi connectivity index (χ0n) is 16.3. The summed E-state index contributed by atoms with van der Waals surface area (Å²) in [6.07, 6.45) is 1.06. The molecule has 26 heavy (non-hydrogen) atoms. The van der Waals surface area contributed by atoms with Crippen LogP contribution >= 0.6 is 0 Å². The van der Waals surface area contributed by atoms with E-state index in [9.17, 15) is 9.59 Å². The van der Waals surface area contributed by atoms with Crippen LogP contribution in [0.5, 0.6) is 0 Å². The first-order valence-electron chi connectivity index (χ1n) is 9.13. The smallest absolute Gasteiger partial charge is 0.410 e. The van der Waals surface area contributed by atoms with Gasteiger partial charge < -0.3 is 19.3 Å². The maximum atomic E-state index is 12.3. The average molecular weight is 360 g/mol. The third-order valence-corrected chi connectivity index (χ3v) is 4.69.